The minimum Gasteiger partial charge on any atom is -0.486 e. The fourth-order valence-electron chi connectivity index (χ4n) is 4.36. The molecule has 3 aliphatic heterocycles. The van der Waals surface area contributed by atoms with Crippen molar-refractivity contribution in [3.05, 3.63) is 48.0 Å². The van der Waals surface area contributed by atoms with Gasteiger partial charge in [-0.15, -0.1) is 0 Å². The van der Waals surface area contributed by atoms with Crippen LogP contribution in [0.25, 0.3) is 0 Å². The van der Waals surface area contributed by atoms with E-state index in [4.69, 9.17) is 9.47 Å². The van der Waals surface area contributed by atoms with Gasteiger partial charge in [-0.3, -0.25) is 9.69 Å². The molecule has 162 valence electrons. The molecular weight excluding hydrogens is 396 g/mol. The van der Waals surface area contributed by atoms with Crippen molar-refractivity contribution in [3.63, 3.8) is 0 Å². The highest BCUT2D eigenvalue weighted by molar-refractivity contribution is 5.98. The number of carbonyl (C=O) groups excluding carboxylic acids is 2. The molecule has 3 amide bonds. The van der Waals surface area contributed by atoms with Crippen LogP contribution in [0.5, 0.6) is 11.5 Å². The van der Waals surface area contributed by atoms with Crippen molar-refractivity contribution in [2.24, 2.45) is 0 Å². The van der Waals surface area contributed by atoms with Gasteiger partial charge in [0, 0.05) is 55.2 Å². The third kappa shape index (κ3) is 4.10. The fourth-order valence-corrected chi connectivity index (χ4v) is 4.36. The zero-order valence-electron chi connectivity index (χ0n) is 17.3. The predicted octanol–water partition coefficient (Wildman–Crippen LogP) is 2.70. The van der Waals surface area contributed by atoms with E-state index in [1.807, 2.05) is 47.4 Å². The molecule has 0 unspecified atom stereocenters. The van der Waals surface area contributed by atoms with Gasteiger partial charge in [0.25, 0.3) is 5.91 Å². The number of nitrogens with one attached hydrogen (secondary N) is 2. The molecule has 0 aliphatic carbocycles. The standard InChI is InChI=1S/C23H26N4O4/c28-22(16-3-1-5-19(13-16)27-10-8-24-23(27)29)26-9-2-4-18(15-26)25-17-6-7-20-21(14-17)31-12-11-30-20/h1,3,5-7,13-14,18,25H,2,4,8-12,15H2,(H,24,29)/t18-/m1/s1. The third-order valence-electron chi connectivity index (χ3n) is 5.88. The molecule has 2 aromatic carbocycles. The van der Waals surface area contributed by atoms with Gasteiger partial charge in [-0.05, 0) is 43.2 Å². The lowest BCUT2D eigenvalue weighted by Crippen LogP contribution is -2.45. The van der Waals surface area contributed by atoms with E-state index < -0.39 is 0 Å². The Morgan fingerprint density at radius 1 is 1.06 bits per heavy atom. The average Bonchev–Trinajstić information content (AvgIpc) is 3.24. The minimum absolute atomic E-state index is 0.00451. The van der Waals surface area contributed by atoms with Crippen LogP contribution in [0.4, 0.5) is 16.2 Å². The Morgan fingerprint density at radius 2 is 1.94 bits per heavy atom. The zero-order chi connectivity index (χ0) is 21.2. The summed E-state index contributed by atoms with van der Waals surface area (Å²) in [6, 6.07) is 13.2. The van der Waals surface area contributed by atoms with E-state index in [0.29, 0.717) is 38.4 Å². The van der Waals surface area contributed by atoms with Crippen molar-refractivity contribution in [1.29, 1.82) is 0 Å². The third-order valence-corrected chi connectivity index (χ3v) is 5.88. The minimum atomic E-state index is -0.119. The Balaban J connectivity index is 1.26. The van der Waals surface area contributed by atoms with Crippen molar-refractivity contribution >= 4 is 23.3 Å². The first-order valence-corrected chi connectivity index (χ1v) is 10.8. The summed E-state index contributed by atoms with van der Waals surface area (Å²) in [4.78, 5) is 28.7. The molecule has 31 heavy (non-hydrogen) atoms. The summed E-state index contributed by atoms with van der Waals surface area (Å²) in [6.45, 7) is 3.72. The Kier molecular flexibility index (Phi) is 5.28. The number of carbonyl (C=O) groups is 2. The van der Waals surface area contributed by atoms with Crippen LogP contribution in [0.15, 0.2) is 42.5 Å². The highest BCUT2D eigenvalue weighted by Crippen LogP contribution is 2.33. The highest BCUT2D eigenvalue weighted by atomic mass is 16.6. The molecule has 2 aromatic rings. The van der Waals surface area contributed by atoms with Crippen LogP contribution in [0.2, 0.25) is 0 Å². The molecular formula is C23H26N4O4. The van der Waals surface area contributed by atoms with Gasteiger partial charge in [-0.2, -0.15) is 0 Å². The van der Waals surface area contributed by atoms with Crippen molar-refractivity contribution in [2.45, 2.75) is 18.9 Å². The summed E-state index contributed by atoms with van der Waals surface area (Å²) < 4.78 is 11.3. The largest absolute Gasteiger partial charge is 0.486 e. The second-order valence-corrected chi connectivity index (χ2v) is 8.03. The molecule has 0 radical (unpaired) electrons. The first-order valence-electron chi connectivity index (χ1n) is 10.8. The van der Waals surface area contributed by atoms with Gasteiger partial charge in [-0.1, -0.05) is 6.07 Å². The Bertz CT molecular complexity index is 995. The van der Waals surface area contributed by atoms with E-state index in [0.717, 1.165) is 42.3 Å². The molecule has 2 saturated heterocycles. The van der Waals surface area contributed by atoms with Crippen LogP contribution in [0, 0.1) is 0 Å². The maximum atomic E-state index is 13.2. The van der Waals surface area contributed by atoms with Gasteiger partial charge < -0.3 is 25.0 Å². The lowest BCUT2D eigenvalue weighted by Gasteiger charge is -2.34. The van der Waals surface area contributed by atoms with E-state index in [9.17, 15) is 9.59 Å². The molecule has 0 saturated carbocycles. The molecule has 8 heteroatoms. The summed E-state index contributed by atoms with van der Waals surface area (Å²) in [5.41, 5.74) is 2.33. The topological polar surface area (TPSA) is 83.1 Å². The maximum absolute atomic E-state index is 13.2. The number of hydrogen-bond donors (Lipinski definition) is 2. The lowest BCUT2D eigenvalue weighted by molar-refractivity contribution is 0.0715. The normalized spacial score (nSPS) is 20.4. The summed E-state index contributed by atoms with van der Waals surface area (Å²) in [6.07, 6.45) is 1.92. The van der Waals surface area contributed by atoms with Crippen LogP contribution in [0.1, 0.15) is 23.2 Å². The van der Waals surface area contributed by atoms with Gasteiger partial charge in [0.15, 0.2) is 11.5 Å². The quantitative estimate of drug-likeness (QED) is 0.792. The number of hydrogen-bond acceptors (Lipinski definition) is 5. The fraction of sp³-hybridized carbons (Fsp3) is 0.391. The van der Waals surface area contributed by atoms with Gasteiger partial charge in [0.1, 0.15) is 13.2 Å². The van der Waals surface area contributed by atoms with Crippen molar-refractivity contribution in [3.8, 4) is 11.5 Å². The molecule has 8 nitrogen and oxygen atoms in total. The van der Waals surface area contributed by atoms with Crippen molar-refractivity contribution in [2.75, 3.05) is 49.6 Å². The second kappa shape index (κ2) is 8.37. The number of amides is 3. The highest BCUT2D eigenvalue weighted by Gasteiger charge is 2.26. The van der Waals surface area contributed by atoms with Crippen LogP contribution in [0.3, 0.4) is 0 Å². The van der Waals surface area contributed by atoms with Crippen LogP contribution in [-0.2, 0) is 0 Å². The van der Waals surface area contributed by atoms with Gasteiger partial charge in [0.2, 0.25) is 0 Å². The van der Waals surface area contributed by atoms with Crippen molar-refractivity contribution < 1.29 is 19.1 Å². The van der Waals surface area contributed by atoms with Crippen LogP contribution in [-0.4, -0.2) is 62.3 Å². The molecule has 3 heterocycles. The number of likely N-dealkylation sites (tertiary alicyclic amines) is 1. The molecule has 2 fully saturated rings. The summed E-state index contributed by atoms with van der Waals surface area (Å²) in [5.74, 6) is 1.52. The van der Waals surface area contributed by atoms with E-state index >= 15 is 0 Å². The molecule has 0 spiro atoms. The second-order valence-electron chi connectivity index (χ2n) is 8.03. The lowest BCUT2D eigenvalue weighted by atomic mass is 10.0. The van der Waals surface area contributed by atoms with Crippen molar-refractivity contribution in [1.82, 2.24) is 10.2 Å². The van der Waals surface area contributed by atoms with E-state index in [-0.39, 0.29) is 18.0 Å². The number of piperidine rings is 1. The Labute approximate surface area is 181 Å². The van der Waals surface area contributed by atoms with E-state index in [1.54, 1.807) is 4.90 Å². The van der Waals surface area contributed by atoms with Gasteiger partial charge >= 0.3 is 6.03 Å². The maximum Gasteiger partial charge on any atom is 0.321 e. The summed E-state index contributed by atoms with van der Waals surface area (Å²) >= 11 is 0. The van der Waals surface area contributed by atoms with E-state index in [2.05, 4.69) is 10.6 Å². The Hall–Kier alpha value is -3.42. The molecule has 0 aromatic heterocycles. The average molecular weight is 422 g/mol. The number of anilines is 2. The molecule has 1 atom stereocenters. The molecule has 3 aliphatic rings. The van der Waals surface area contributed by atoms with Crippen LogP contribution < -0.4 is 25.0 Å². The first-order chi connectivity index (χ1) is 15.2. The number of urea groups is 1. The number of ether oxygens (including phenoxy) is 2. The SMILES string of the molecule is O=C(c1cccc(N2CCNC2=O)c1)N1CCC[C@@H](Nc2ccc3c(c2)OCCO3)C1. The zero-order valence-corrected chi connectivity index (χ0v) is 17.3. The number of nitrogens with zero attached hydrogens (tertiary/aromatic N) is 2. The predicted molar refractivity (Wildman–Crippen MR) is 117 cm³/mol. The number of benzene rings is 2. The van der Waals surface area contributed by atoms with Crippen LogP contribution >= 0.6 is 0 Å². The molecule has 2 N–H and O–H groups in total. The monoisotopic (exact) mass is 422 g/mol. The van der Waals surface area contributed by atoms with E-state index in [1.165, 1.54) is 0 Å². The Morgan fingerprint density at radius 3 is 2.77 bits per heavy atom. The van der Waals surface area contributed by atoms with Gasteiger partial charge in [0.05, 0.1) is 0 Å². The summed E-state index contributed by atoms with van der Waals surface area (Å²) in [7, 11) is 0. The molecule has 0 bridgehead atoms. The number of rotatable bonds is 4. The molecule has 5 rings (SSSR count). The first kappa shape index (κ1) is 19.5. The van der Waals surface area contributed by atoms with Gasteiger partial charge in [-0.25, -0.2) is 4.79 Å². The smallest absolute Gasteiger partial charge is 0.321 e. The summed E-state index contributed by atoms with van der Waals surface area (Å²) in [5, 5.41) is 6.33. The number of fused-ring (bicyclic) bond motifs is 1.